The molecule has 1 saturated carbocycles. The number of fused-ring (bicyclic) bond motifs is 1. The third-order valence-corrected chi connectivity index (χ3v) is 5.92. The molecule has 0 radical (unpaired) electrons. The zero-order valence-corrected chi connectivity index (χ0v) is 18.3. The molecule has 0 saturated heterocycles. The van der Waals surface area contributed by atoms with E-state index in [0.717, 1.165) is 4.57 Å². The highest BCUT2D eigenvalue weighted by Crippen LogP contribution is 2.56. The molecule has 34 heavy (non-hydrogen) atoms. The van der Waals surface area contributed by atoms with E-state index in [0.29, 0.717) is 5.52 Å². The number of aromatic nitrogens is 4. The number of carbonyl (C=O) groups is 1. The van der Waals surface area contributed by atoms with Crippen LogP contribution in [0.25, 0.3) is 11.0 Å². The van der Waals surface area contributed by atoms with Crippen LogP contribution in [-0.2, 0) is 5.54 Å². The van der Waals surface area contributed by atoms with Crippen molar-refractivity contribution in [2.75, 3.05) is 5.32 Å². The number of benzene rings is 2. The maximum Gasteiger partial charge on any atom is 0.439 e. The fourth-order valence-corrected chi connectivity index (χ4v) is 4.10. The van der Waals surface area contributed by atoms with Crippen LogP contribution in [-0.4, -0.2) is 31.8 Å². The van der Waals surface area contributed by atoms with Gasteiger partial charge in [0.05, 0.1) is 27.4 Å². The number of hydrogen-bond acceptors (Lipinski definition) is 6. The zero-order chi connectivity index (χ0) is 24.3. The summed E-state index contributed by atoms with van der Waals surface area (Å²) < 4.78 is 52.0. The smallest absolute Gasteiger partial charge is 0.439 e. The van der Waals surface area contributed by atoms with Crippen LogP contribution in [0, 0.1) is 0 Å². The van der Waals surface area contributed by atoms with Crippen LogP contribution >= 0.6 is 23.2 Å². The van der Waals surface area contributed by atoms with Crippen molar-refractivity contribution in [3.05, 3.63) is 63.1 Å². The van der Waals surface area contributed by atoms with Gasteiger partial charge in [0.1, 0.15) is 11.3 Å². The van der Waals surface area contributed by atoms with Crippen LogP contribution in [0.4, 0.5) is 18.9 Å². The molecule has 1 fully saturated rings. The van der Waals surface area contributed by atoms with Crippen molar-refractivity contribution in [1.29, 1.82) is 0 Å². The summed E-state index contributed by atoms with van der Waals surface area (Å²) in [4.78, 5) is 29.3. The minimum Gasteiger partial charge on any atom is -0.454 e. The van der Waals surface area contributed by atoms with Gasteiger partial charge >= 0.3 is 11.9 Å². The minimum absolute atomic E-state index is 0.0130. The van der Waals surface area contributed by atoms with E-state index in [1.807, 2.05) is 0 Å². The summed E-state index contributed by atoms with van der Waals surface area (Å²) >= 11 is 12.5. The molecule has 2 aromatic heterocycles. The Kier molecular flexibility index (Phi) is 5.10. The maximum absolute atomic E-state index is 13.6. The first-order valence-electron chi connectivity index (χ1n) is 9.66. The molecule has 0 bridgehead atoms. The van der Waals surface area contributed by atoms with Gasteiger partial charge in [-0.3, -0.25) is 14.3 Å². The molecule has 14 heteroatoms. The number of aromatic amines is 1. The number of amides is 1. The number of imidazole rings is 1. The molecular weight excluding hydrogens is 502 g/mol. The number of nitrogens with zero attached hydrogens (tertiary/aromatic N) is 3. The molecule has 1 aliphatic rings. The summed E-state index contributed by atoms with van der Waals surface area (Å²) in [5, 5.41) is 5.73. The Morgan fingerprint density at radius 3 is 2.50 bits per heavy atom. The van der Waals surface area contributed by atoms with Crippen molar-refractivity contribution in [1.82, 2.24) is 19.7 Å². The van der Waals surface area contributed by atoms with E-state index >= 15 is 0 Å². The number of rotatable bonds is 5. The molecule has 0 unspecified atom stereocenters. The van der Waals surface area contributed by atoms with E-state index in [9.17, 15) is 22.8 Å². The zero-order valence-electron chi connectivity index (χ0n) is 16.7. The van der Waals surface area contributed by atoms with E-state index in [-0.39, 0.29) is 51.4 Å². The van der Waals surface area contributed by atoms with Crippen LogP contribution in [0.5, 0.6) is 11.5 Å². The molecule has 0 aliphatic heterocycles. The van der Waals surface area contributed by atoms with Gasteiger partial charge in [-0.25, -0.2) is 9.78 Å². The van der Waals surface area contributed by atoms with Gasteiger partial charge in [-0.1, -0.05) is 23.2 Å². The Hall–Kier alpha value is -3.51. The first kappa shape index (κ1) is 22.3. The van der Waals surface area contributed by atoms with Crippen LogP contribution in [0.3, 0.4) is 0 Å². The molecule has 5 rings (SSSR count). The van der Waals surface area contributed by atoms with Crippen LogP contribution in [0.1, 0.15) is 23.5 Å². The summed E-state index contributed by atoms with van der Waals surface area (Å²) in [7, 11) is 0. The number of anilines is 1. The van der Waals surface area contributed by atoms with Crippen LogP contribution in [0.15, 0.2) is 46.0 Å². The molecular formula is C20H12Cl2F3N5O4. The number of carbonyl (C=O) groups excluding carboxylic acids is 1. The predicted molar refractivity (Wildman–Crippen MR) is 115 cm³/mol. The average Bonchev–Trinajstić information content (AvgIpc) is 3.29. The van der Waals surface area contributed by atoms with Gasteiger partial charge in [0, 0.05) is 11.8 Å². The Balaban J connectivity index is 1.42. The lowest BCUT2D eigenvalue weighted by Crippen LogP contribution is -2.34. The lowest BCUT2D eigenvalue weighted by atomic mass is 10.2. The fraction of sp³-hybridized carbons (Fsp3) is 0.200. The van der Waals surface area contributed by atoms with E-state index in [1.54, 1.807) is 0 Å². The van der Waals surface area contributed by atoms with E-state index in [4.69, 9.17) is 27.9 Å². The van der Waals surface area contributed by atoms with Crippen LogP contribution < -0.4 is 15.8 Å². The number of halogens is 5. The lowest BCUT2D eigenvalue weighted by molar-refractivity contribution is -0.178. The van der Waals surface area contributed by atoms with Crippen LogP contribution in [0.2, 0.25) is 10.0 Å². The van der Waals surface area contributed by atoms with Crippen molar-refractivity contribution < 1.29 is 27.2 Å². The van der Waals surface area contributed by atoms with Crippen molar-refractivity contribution in [3.63, 3.8) is 0 Å². The molecule has 2 heterocycles. The van der Waals surface area contributed by atoms with E-state index < -0.39 is 23.4 Å². The van der Waals surface area contributed by atoms with E-state index in [2.05, 4.69) is 25.0 Å². The lowest BCUT2D eigenvalue weighted by Gasteiger charge is -2.21. The number of H-pyrrole nitrogens is 1. The van der Waals surface area contributed by atoms with Crippen molar-refractivity contribution in [2.45, 2.75) is 24.6 Å². The highest BCUT2D eigenvalue weighted by molar-refractivity contribution is 6.37. The Morgan fingerprint density at radius 2 is 1.91 bits per heavy atom. The van der Waals surface area contributed by atoms with Gasteiger partial charge < -0.3 is 14.6 Å². The molecule has 2 aromatic carbocycles. The summed E-state index contributed by atoms with van der Waals surface area (Å²) in [6.45, 7) is 0. The largest absolute Gasteiger partial charge is 0.454 e. The highest BCUT2D eigenvalue weighted by atomic mass is 35.5. The third kappa shape index (κ3) is 3.78. The number of nitrogens with one attached hydrogen (secondary N) is 2. The van der Waals surface area contributed by atoms with Gasteiger partial charge in [-0.15, -0.1) is 0 Å². The van der Waals surface area contributed by atoms with Crippen molar-refractivity contribution >= 4 is 45.8 Å². The standard InChI is InChI=1S/C20H12Cl2F3N5O4/c21-11-5-9(27-17(31)16-28-18(32)34-29-16)6-12(22)15(11)33-10-1-2-13-14(7-10)30(8-26-13)19(3-4-19)20(23,24)25/h1-2,5-8H,3-4H2,(H,27,31)(H,28,29,32). The normalized spacial score (nSPS) is 14.9. The van der Waals surface area contributed by atoms with Crippen molar-refractivity contribution in [3.8, 4) is 11.5 Å². The quantitative estimate of drug-likeness (QED) is 0.382. The molecule has 0 spiro atoms. The topological polar surface area (TPSA) is 115 Å². The SMILES string of the molecule is O=C(Nc1cc(Cl)c(Oc2ccc3ncn(C4(C(F)(F)F)CC4)c3c2)c(Cl)c1)c1noc(=O)[nH]1. The molecule has 2 N–H and O–H groups in total. The molecule has 0 atom stereocenters. The Morgan fingerprint density at radius 1 is 1.21 bits per heavy atom. The third-order valence-electron chi connectivity index (χ3n) is 5.36. The second-order valence-electron chi connectivity index (χ2n) is 7.56. The average molecular weight is 514 g/mol. The van der Waals surface area contributed by atoms with Crippen molar-refractivity contribution in [2.24, 2.45) is 0 Å². The molecule has 1 amide bonds. The maximum atomic E-state index is 13.6. The van der Waals surface area contributed by atoms with Gasteiger partial charge in [0.2, 0.25) is 5.82 Å². The van der Waals surface area contributed by atoms with Gasteiger partial charge in [0.15, 0.2) is 5.75 Å². The second kappa shape index (κ2) is 7.77. The summed E-state index contributed by atoms with van der Waals surface area (Å²) in [5.41, 5.74) is -1.16. The fourth-order valence-electron chi connectivity index (χ4n) is 3.54. The summed E-state index contributed by atoms with van der Waals surface area (Å²) in [6, 6.07) is 7.16. The van der Waals surface area contributed by atoms with Gasteiger partial charge in [-0.2, -0.15) is 13.2 Å². The summed E-state index contributed by atoms with van der Waals surface area (Å²) in [6.07, 6.45) is -3.29. The second-order valence-corrected chi connectivity index (χ2v) is 8.38. The Labute approximate surface area is 197 Å². The number of hydrogen-bond donors (Lipinski definition) is 2. The molecule has 176 valence electrons. The van der Waals surface area contributed by atoms with Gasteiger partial charge in [-0.05, 0) is 42.3 Å². The molecule has 4 aromatic rings. The highest BCUT2D eigenvalue weighted by Gasteiger charge is 2.65. The van der Waals surface area contributed by atoms with Gasteiger partial charge in [0.25, 0.3) is 5.91 Å². The van der Waals surface area contributed by atoms with E-state index in [1.165, 1.54) is 36.7 Å². The molecule has 1 aliphatic carbocycles. The predicted octanol–water partition coefficient (Wildman–Crippen LogP) is 5.12. The number of ether oxygens (including phenoxy) is 1. The minimum atomic E-state index is -4.41. The first-order chi connectivity index (χ1) is 16.1. The number of alkyl halides is 3. The monoisotopic (exact) mass is 513 g/mol. The molecule has 9 nitrogen and oxygen atoms in total. The summed E-state index contributed by atoms with van der Waals surface area (Å²) in [5.74, 6) is -1.81. The Bertz CT molecular complexity index is 1470. The first-order valence-corrected chi connectivity index (χ1v) is 10.4.